The first kappa shape index (κ1) is 17.8. The molecule has 0 saturated heterocycles. The van der Waals surface area contributed by atoms with Crippen molar-refractivity contribution < 1.29 is 14.7 Å². The molecule has 1 heterocycles. The van der Waals surface area contributed by atoms with Gasteiger partial charge in [0, 0.05) is 6.42 Å². The van der Waals surface area contributed by atoms with Gasteiger partial charge in [0.25, 0.3) is 11.2 Å². The molecular formula is C20H13N3O4. The third-order valence-corrected chi connectivity index (χ3v) is 3.86. The Labute approximate surface area is 153 Å². The number of ketones is 1. The summed E-state index contributed by atoms with van der Waals surface area (Å²) in [6.45, 7) is 7.22. The average Bonchev–Trinajstić information content (AvgIpc) is 2.68. The number of carboxylic acid groups (broad SMARTS) is 1. The lowest BCUT2D eigenvalue weighted by molar-refractivity contribution is 0.0696. The van der Waals surface area contributed by atoms with E-state index in [4.69, 9.17) is 11.7 Å². The zero-order valence-electron chi connectivity index (χ0n) is 14.0. The Morgan fingerprint density at radius 2 is 1.85 bits per heavy atom. The number of H-pyrrole nitrogens is 1. The van der Waals surface area contributed by atoms with Crippen molar-refractivity contribution in [2.24, 2.45) is 0 Å². The number of hydrogen-bond donors (Lipinski definition) is 2. The molecule has 7 heteroatoms. The van der Waals surface area contributed by atoms with Crippen molar-refractivity contribution in [3.63, 3.8) is 0 Å². The van der Waals surface area contributed by atoms with Crippen LogP contribution in [0.3, 0.4) is 0 Å². The Balaban J connectivity index is 2.00. The maximum absolute atomic E-state index is 12.6. The number of aromatic amines is 1. The molecule has 0 amide bonds. The van der Waals surface area contributed by atoms with Crippen molar-refractivity contribution in [2.75, 3.05) is 0 Å². The number of nitrogens with zero attached hydrogens (tertiary/aromatic N) is 2. The Kier molecular flexibility index (Phi) is 4.90. The van der Waals surface area contributed by atoms with Crippen molar-refractivity contribution in [2.45, 2.75) is 6.42 Å². The molecule has 0 aliphatic rings. The number of Topliss-reactive ketones (excluding diaryl/α,β-unsaturated/α-hetero) is 1. The molecule has 3 rings (SSSR count). The average molecular weight is 359 g/mol. The quantitative estimate of drug-likeness (QED) is 0.538. The number of carboxylic acids is 1. The molecule has 0 fully saturated rings. The highest BCUT2D eigenvalue weighted by atomic mass is 16.4. The van der Waals surface area contributed by atoms with Crippen LogP contribution in [0.25, 0.3) is 16.1 Å². The summed E-state index contributed by atoms with van der Waals surface area (Å²) in [5.74, 6) is -1.75. The van der Waals surface area contributed by atoms with Gasteiger partial charge in [0.1, 0.15) is 0 Å². The molecule has 0 atom stereocenters. The molecular weight excluding hydrogens is 346 g/mol. The fourth-order valence-corrected chi connectivity index (χ4v) is 2.58. The van der Waals surface area contributed by atoms with Crippen LogP contribution in [0.5, 0.6) is 0 Å². The van der Waals surface area contributed by atoms with Crippen LogP contribution in [0.2, 0.25) is 0 Å². The third-order valence-electron chi connectivity index (χ3n) is 3.86. The first-order valence-corrected chi connectivity index (χ1v) is 7.92. The van der Waals surface area contributed by atoms with Gasteiger partial charge in [0.15, 0.2) is 5.82 Å². The standard InChI is InChI=1S/C20H13N3O4/c1-21-17-16(13-7-3-2-4-8-13)22-18(23-19(17)25)15(24)11-12-6-5-9-14(10-12)20(26)27/h2-10H,11H2,(H,26,27)(H,22,23,25). The highest BCUT2D eigenvalue weighted by Gasteiger charge is 2.18. The summed E-state index contributed by atoms with van der Waals surface area (Å²) < 4.78 is 0. The lowest BCUT2D eigenvalue weighted by Crippen LogP contribution is -2.18. The zero-order valence-corrected chi connectivity index (χ0v) is 14.0. The fourth-order valence-electron chi connectivity index (χ4n) is 2.58. The number of hydrogen-bond acceptors (Lipinski definition) is 4. The summed E-state index contributed by atoms with van der Waals surface area (Å²) in [7, 11) is 0. The largest absolute Gasteiger partial charge is 0.478 e. The predicted octanol–water partition coefficient (Wildman–Crippen LogP) is 3.11. The molecule has 2 N–H and O–H groups in total. The Morgan fingerprint density at radius 1 is 1.11 bits per heavy atom. The van der Waals surface area contributed by atoms with Gasteiger partial charge in [0.05, 0.1) is 17.8 Å². The van der Waals surface area contributed by atoms with E-state index in [0.29, 0.717) is 11.1 Å². The van der Waals surface area contributed by atoms with E-state index in [0.717, 1.165) is 0 Å². The molecule has 0 aliphatic carbocycles. The zero-order chi connectivity index (χ0) is 19.4. The fraction of sp³-hybridized carbons (Fsp3) is 0.0500. The van der Waals surface area contributed by atoms with Crippen LogP contribution in [0.1, 0.15) is 26.5 Å². The monoisotopic (exact) mass is 359 g/mol. The second-order valence-corrected chi connectivity index (χ2v) is 5.70. The Bertz CT molecular complexity index is 1130. The lowest BCUT2D eigenvalue weighted by atomic mass is 10.0. The first-order chi connectivity index (χ1) is 13.0. The summed E-state index contributed by atoms with van der Waals surface area (Å²) in [6, 6.07) is 14.6. The maximum atomic E-state index is 12.6. The highest BCUT2D eigenvalue weighted by molar-refractivity contribution is 5.95. The van der Waals surface area contributed by atoms with E-state index < -0.39 is 17.3 Å². The first-order valence-electron chi connectivity index (χ1n) is 7.92. The maximum Gasteiger partial charge on any atom is 0.335 e. The van der Waals surface area contributed by atoms with Gasteiger partial charge in [0.2, 0.25) is 5.78 Å². The van der Waals surface area contributed by atoms with Gasteiger partial charge in [-0.05, 0) is 23.3 Å². The van der Waals surface area contributed by atoms with Gasteiger partial charge in [-0.2, -0.15) is 0 Å². The van der Waals surface area contributed by atoms with Crippen LogP contribution in [0, 0.1) is 6.57 Å². The third kappa shape index (κ3) is 3.80. The van der Waals surface area contributed by atoms with E-state index >= 15 is 0 Å². The molecule has 0 unspecified atom stereocenters. The molecule has 0 radical (unpaired) electrons. The van der Waals surface area contributed by atoms with E-state index in [-0.39, 0.29) is 29.2 Å². The van der Waals surface area contributed by atoms with E-state index in [1.807, 2.05) is 0 Å². The van der Waals surface area contributed by atoms with Crippen molar-refractivity contribution in [1.29, 1.82) is 0 Å². The Morgan fingerprint density at radius 3 is 2.52 bits per heavy atom. The topological polar surface area (TPSA) is 104 Å². The summed E-state index contributed by atoms with van der Waals surface area (Å²) >= 11 is 0. The SMILES string of the molecule is [C-]#[N+]c1c(-c2ccccc2)nc(C(=O)Cc2cccc(C(=O)O)c2)[nH]c1=O. The smallest absolute Gasteiger partial charge is 0.335 e. The molecule has 27 heavy (non-hydrogen) atoms. The molecule has 0 bridgehead atoms. The van der Waals surface area contributed by atoms with Gasteiger partial charge in [-0.25, -0.2) is 14.6 Å². The van der Waals surface area contributed by atoms with E-state index in [2.05, 4.69) is 14.8 Å². The van der Waals surface area contributed by atoms with Crippen molar-refractivity contribution >= 4 is 17.4 Å². The predicted molar refractivity (Wildman–Crippen MR) is 98.0 cm³/mol. The van der Waals surface area contributed by atoms with Crippen LogP contribution in [-0.2, 0) is 6.42 Å². The molecule has 0 saturated carbocycles. The lowest BCUT2D eigenvalue weighted by Gasteiger charge is -2.07. The minimum absolute atomic E-state index is 0.0649. The number of benzene rings is 2. The number of carbonyl (C=O) groups excluding carboxylic acids is 1. The van der Waals surface area contributed by atoms with Crippen LogP contribution in [0.15, 0.2) is 59.4 Å². The minimum Gasteiger partial charge on any atom is -0.478 e. The summed E-state index contributed by atoms with van der Waals surface area (Å²) in [6.07, 6.45) is -0.129. The minimum atomic E-state index is -1.09. The van der Waals surface area contributed by atoms with Crippen LogP contribution in [-0.4, -0.2) is 26.8 Å². The molecule has 7 nitrogen and oxygen atoms in total. The number of aromatic carboxylic acids is 1. The van der Waals surface area contributed by atoms with E-state index in [1.54, 1.807) is 42.5 Å². The van der Waals surface area contributed by atoms with E-state index in [1.165, 1.54) is 12.1 Å². The molecule has 3 aromatic rings. The molecule has 132 valence electrons. The molecule has 1 aromatic heterocycles. The number of rotatable bonds is 5. The summed E-state index contributed by atoms with van der Waals surface area (Å²) in [5.41, 5.74) is 0.355. The number of aromatic nitrogens is 2. The Hall–Kier alpha value is -4.05. The van der Waals surface area contributed by atoms with Crippen molar-refractivity contribution in [3.8, 4) is 11.3 Å². The molecule has 0 spiro atoms. The molecule has 0 aliphatic heterocycles. The van der Waals surface area contributed by atoms with Gasteiger partial charge < -0.3 is 10.1 Å². The molecule has 2 aromatic carbocycles. The van der Waals surface area contributed by atoms with Crippen molar-refractivity contribution in [1.82, 2.24) is 9.97 Å². The van der Waals surface area contributed by atoms with Crippen LogP contribution in [0.4, 0.5) is 5.69 Å². The summed E-state index contributed by atoms with van der Waals surface area (Å²) in [4.78, 5) is 45.6. The van der Waals surface area contributed by atoms with Gasteiger partial charge in [-0.1, -0.05) is 42.5 Å². The van der Waals surface area contributed by atoms with Gasteiger partial charge in [-0.3, -0.25) is 9.59 Å². The van der Waals surface area contributed by atoms with Crippen LogP contribution >= 0.6 is 0 Å². The second-order valence-electron chi connectivity index (χ2n) is 5.70. The van der Waals surface area contributed by atoms with Crippen molar-refractivity contribution in [3.05, 3.63) is 93.3 Å². The summed E-state index contributed by atoms with van der Waals surface area (Å²) in [5, 5.41) is 9.04. The normalized spacial score (nSPS) is 10.2. The van der Waals surface area contributed by atoms with Gasteiger partial charge >= 0.3 is 5.97 Å². The number of nitrogens with one attached hydrogen (secondary N) is 1. The van der Waals surface area contributed by atoms with E-state index in [9.17, 15) is 14.4 Å². The van der Waals surface area contributed by atoms with Gasteiger partial charge in [-0.15, -0.1) is 0 Å². The van der Waals surface area contributed by atoms with Crippen LogP contribution < -0.4 is 5.56 Å². The second kappa shape index (κ2) is 7.45. The number of carbonyl (C=O) groups is 2. The highest BCUT2D eigenvalue weighted by Crippen LogP contribution is 2.24.